The highest BCUT2D eigenvalue weighted by Crippen LogP contribution is 2.25. The molecule has 1 aromatic rings. The number of rotatable bonds is 6. The number of methoxy groups -OCH3 is 1. The topological polar surface area (TPSA) is 41.6 Å². The fourth-order valence-corrected chi connectivity index (χ4v) is 1.79. The number of benzene rings is 1. The number of carbonyl (C=O) groups excluding carboxylic acids is 1. The van der Waals surface area contributed by atoms with Gasteiger partial charge >= 0.3 is 5.97 Å². The van der Waals surface area contributed by atoms with E-state index in [9.17, 15) is 4.79 Å². The van der Waals surface area contributed by atoms with Crippen LogP contribution in [0.2, 0.25) is 0 Å². The van der Waals surface area contributed by atoms with Crippen LogP contribution >= 0.6 is 0 Å². The third-order valence-electron chi connectivity index (χ3n) is 3.07. The molecule has 1 N–H and O–H groups in total. The van der Waals surface area contributed by atoms with Gasteiger partial charge in [0.25, 0.3) is 0 Å². The number of para-hydroxylation sites is 1. The standard InChI is InChI=1S/C14H22N2O2/c1-5-16(3)13-9-7-6-8-12(13)11(2)15-10-14(17)18-4/h6-9,11,15H,5,10H2,1-4H3. The first-order valence-electron chi connectivity index (χ1n) is 6.20. The molecule has 0 saturated heterocycles. The molecule has 0 fully saturated rings. The van der Waals surface area contributed by atoms with E-state index >= 15 is 0 Å². The minimum atomic E-state index is -0.247. The van der Waals surface area contributed by atoms with Gasteiger partial charge in [-0.3, -0.25) is 4.79 Å². The van der Waals surface area contributed by atoms with Crippen LogP contribution in [0.1, 0.15) is 25.5 Å². The van der Waals surface area contributed by atoms with Crippen molar-refractivity contribution in [2.24, 2.45) is 0 Å². The van der Waals surface area contributed by atoms with Crippen LogP contribution in [0.4, 0.5) is 5.69 Å². The molecule has 1 atom stereocenters. The summed E-state index contributed by atoms with van der Waals surface area (Å²) in [5.74, 6) is -0.247. The van der Waals surface area contributed by atoms with E-state index in [0.717, 1.165) is 6.54 Å². The van der Waals surface area contributed by atoms with Gasteiger partial charge in [0.15, 0.2) is 0 Å². The van der Waals surface area contributed by atoms with Crippen LogP contribution in [0.5, 0.6) is 0 Å². The molecule has 0 heterocycles. The van der Waals surface area contributed by atoms with Crippen LogP contribution in [0, 0.1) is 0 Å². The SMILES string of the molecule is CCN(C)c1ccccc1C(C)NCC(=O)OC. The lowest BCUT2D eigenvalue weighted by atomic mass is 10.1. The van der Waals surface area contributed by atoms with Gasteiger partial charge in [-0.2, -0.15) is 0 Å². The zero-order valence-electron chi connectivity index (χ0n) is 11.6. The Morgan fingerprint density at radius 2 is 2.11 bits per heavy atom. The largest absolute Gasteiger partial charge is 0.468 e. The molecule has 100 valence electrons. The highest BCUT2D eigenvalue weighted by atomic mass is 16.5. The summed E-state index contributed by atoms with van der Waals surface area (Å²) in [6, 6.07) is 8.32. The minimum Gasteiger partial charge on any atom is -0.468 e. The molecule has 4 heteroatoms. The Labute approximate surface area is 109 Å². The first kappa shape index (κ1) is 14.5. The Bertz CT molecular complexity index is 393. The van der Waals surface area contributed by atoms with Crippen LogP contribution in [-0.2, 0) is 9.53 Å². The van der Waals surface area contributed by atoms with E-state index < -0.39 is 0 Å². The maximum absolute atomic E-state index is 11.1. The molecule has 1 rings (SSSR count). The number of ether oxygens (including phenoxy) is 1. The second-order valence-corrected chi connectivity index (χ2v) is 4.25. The zero-order valence-corrected chi connectivity index (χ0v) is 11.6. The average molecular weight is 250 g/mol. The predicted molar refractivity (Wildman–Crippen MR) is 73.8 cm³/mol. The molecule has 0 aromatic heterocycles. The van der Waals surface area contributed by atoms with Gasteiger partial charge in [-0.05, 0) is 25.5 Å². The number of anilines is 1. The summed E-state index contributed by atoms with van der Waals surface area (Å²) in [7, 11) is 3.46. The maximum atomic E-state index is 11.1. The molecular weight excluding hydrogens is 228 g/mol. The summed E-state index contributed by atoms with van der Waals surface area (Å²) in [6.45, 7) is 5.33. The summed E-state index contributed by atoms with van der Waals surface area (Å²) >= 11 is 0. The summed E-state index contributed by atoms with van der Waals surface area (Å²) in [6.07, 6.45) is 0. The quantitative estimate of drug-likeness (QED) is 0.784. The number of hydrogen-bond donors (Lipinski definition) is 1. The van der Waals surface area contributed by atoms with E-state index in [1.807, 2.05) is 19.1 Å². The van der Waals surface area contributed by atoms with E-state index in [2.05, 4.69) is 41.1 Å². The predicted octanol–water partition coefficient (Wildman–Crippen LogP) is 1.97. The van der Waals surface area contributed by atoms with Gasteiger partial charge in [-0.15, -0.1) is 0 Å². The lowest BCUT2D eigenvalue weighted by Crippen LogP contribution is -2.28. The minimum absolute atomic E-state index is 0.106. The Hall–Kier alpha value is -1.55. The van der Waals surface area contributed by atoms with Crippen molar-refractivity contribution in [1.82, 2.24) is 5.32 Å². The maximum Gasteiger partial charge on any atom is 0.319 e. The van der Waals surface area contributed by atoms with E-state index in [0.29, 0.717) is 0 Å². The molecule has 0 radical (unpaired) electrons. The Morgan fingerprint density at radius 1 is 1.44 bits per heavy atom. The van der Waals surface area contributed by atoms with E-state index in [1.165, 1.54) is 18.4 Å². The molecule has 1 aromatic carbocycles. The van der Waals surface area contributed by atoms with Gasteiger partial charge < -0.3 is 15.0 Å². The van der Waals surface area contributed by atoms with Crippen molar-refractivity contribution in [1.29, 1.82) is 0 Å². The zero-order chi connectivity index (χ0) is 13.5. The lowest BCUT2D eigenvalue weighted by Gasteiger charge is -2.24. The molecule has 1 unspecified atom stereocenters. The van der Waals surface area contributed by atoms with Gasteiger partial charge in [0.2, 0.25) is 0 Å². The third kappa shape index (κ3) is 3.74. The number of carbonyl (C=O) groups is 1. The van der Waals surface area contributed by atoms with Crippen LogP contribution in [0.15, 0.2) is 24.3 Å². The lowest BCUT2D eigenvalue weighted by molar-refractivity contribution is -0.139. The van der Waals surface area contributed by atoms with Crippen molar-refractivity contribution in [2.45, 2.75) is 19.9 Å². The van der Waals surface area contributed by atoms with Crippen LogP contribution in [0.3, 0.4) is 0 Å². The normalized spacial score (nSPS) is 12.0. The first-order chi connectivity index (χ1) is 8.60. The summed E-state index contributed by atoms with van der Waals surface area (Å²) in [5.41, 5.74) is 2.37. The fourth-order valence-electron chi connectivity index (χ4n) is 1.79. The first-order valence-corrected chi connectivity index (χ1v) is 6.20. The van der Waals surface area contributed by atoms with Crippen molar-refractivity contribution in [3.05, 3.63) is 29.8 Å². The van der Waals surface area contributed by atoms with Crippen molar-refractivity contribution in [3.8, 4) is 0 Å². The van der Waals surface area contributed by atoms with Crippen LogP contribution < -0.4 is 10.2 Å². The van der Waals surface area contributed by atoms with Crippen molar-refractivity contribution in [2.75, 3.05) is 32.1 Å². The molecule has 18 heavy (non-hydrogen) atoms. The summed E-state index contributed by atoms with van der Waals surface area (Å²) in [5, 5.41) is 3.17. The third-order valence-corrected chi connectivity index (χ3v) is 3.07. The summed E-state index contributed by atoms with van der Waals surface area (Å²) in [4.78, 5) is 13.3. The monoisotopic (exact) mass is 250 g/mol. The van der Waals surface area contributed by atoms with Crippen LogP contribution in [0.25, 0.3) is 0 Å². The number of nitrogens with zero attached hydrogens (tertiary/aromatic N) is 1. The average Bonchev–Trinajstić information content (AvgIpc) is 2.43. The Morgan fingerprint density at radius 3 is 2.72 bits per heavy atom. The summed E-state index contributed by atoms with van der Waals surface area (Å²) < 4.78 is 4.62. The van der Waals surface area contributed by atoms with E-state index in [1.54, 1.807) is 0 Å². The van der Waals surface area contributed by atoms with Crippen molar-refractivity contribution < 1.29 is 9.53 Å². The fraction of sp³-hybridized carbons (Fsp3) is 0.500. The Balaban J connectivity index is 2.78. The number of nitrogens with one attached hydrogen (secondary N) is 1. The van der Waals surface area contributed by atoms with Gasteiger partial charge in [-0.25, -0.2) is 0 Å². The molecule has 0 aliphatic rings. The van der Waals surface area contributed by atoms with Gasteiger partial charge in [0, 0.05) is 25.3 Å². The molecular formula is C14H22N2O2. The van der Waals surface area contributed by atoms with Gasteiger partial charge in [0.05, 0.1) is 13.7 Å². The van der Waals surface area contributed by atoms with Crippen LogP contribution in [-0.4, -0.2) is 33.2 Å². The molecule has 0 saturated carbocycles. The molecule has 0 amide bonds. The second kappa shape index (κ2) is 7.01. The molecule has 0 aliphatic heterocycles. The molecule has 0 bridgehead atoms. The second-order valence-electron chi connectivity index (χ2n) is 4.25. The van der Waals surface area contributed by atoms with Crippen molar-refractivity contribution in [3.63, 3.8) is 0 Å². The highest BCUT2D eigenvalue weighted by Gasteiger charge is 2.13. The highest BCUT2D eigenvalue weighted by molar-refractivity contribution is 5.71. The molecule has 4 nitrogen and oxygen atoms in total. The Kier molecular flexibility index (Phi) is 5.65. The number of hydrogen-bond acceptors (Lipinski definition) is 4. The number of esters is 1. The molecule has 0 aliphatic carbocycles. The van der Waals surface area contributed by atoms with Gasteiger partial charge in [0.1, 0.15) is 0 Å². The van der Waals surface area contributed by atoms with E-state index in [-0.39, 0.29) is 18.6 Å². The smallest absolute Gasteiger partial charge is 0.319 e. The van der Waals surface area contributed by atoms with E-state index in [4.69, 9.17) is 0 Å². The molecule has 0 spiro atoms. The van der Waals surface area contributed by atoms with Gasteiger partial charge in [-0.1, -0.05) is 18.2 Å². The van der Waals surface area contributed by atoms with Crippen molar-refractivity contribution >= 4 is 11.7 Å².